The average Bonchev–Trinajstić information content (AvgIpc) is 3.28. The molecule has 2 heterocycles. The number of amides is 1. The van der Waals surface area contributed by atoms with Crippen molar-refractivity contribution in [2.45, 2.75) is 38.6 Å². The molecule has 0 saturated heterocycles. The molecule has 0 radical (unpaired) electrons. The Morgan fingerprint density at radius 2 is 2.36 bits per heavy atom. The Balaban J connectivity index is 1.94. The molecule has 0 spiro atoms. The number of carbonyl (C=O) groups excluding carboxylic acids is 2. The summed E-state index contributed by atoms with van der Waals surface area (Å²) in [6, 6.07) is 2.47. The molecule has 0 aliphatic heterocycles. The summed E-state index contributed by atoms with van der Waals surface area (Å²) in [6.07, 6.45) is 8.74. The van der Waals surface area contributed by atoms with Crippen molar-refractivity contribution in [1.82, 2.24) is 14.9 Å². The normalized spacial score (nSPS) is 11.7. The number of imidazole rings is 1. The molecule has 2 aromatic heterocycles. The predicted molar refractivity (Wildman–Crippen MR) is 92.1 cm³/mol. The molecule has 7 nitrogen and oxygen atoms in total. The van der Waals surface area contributed by atoms with Crippen LogP contribution in [0.15, 0.2) is 47.9 Å². The van der Waals surface area contributed by atoms with Gasteiger partial charge in [0.15, 0.2) is 0 Å². The largest absolute Gasteiger partial charge is 0.469 e. The highest BCUT2D eigenvalue weighted by Gasteiger charge is 2.22. The molecule has 7 heteroatoms. The zero-order valence-corrected chi connectivity index (χ0v) is 14.3. The highest BCUT2D eigenvalue weighted by Crippen LogP contribution is 2.09. The minimum atomic E-state index is -0.699. The molecular formula is C18H23N3O4. The van der Waals surface area contributed by atoms with Gasteiger partial charge in [-0.25, -0.2) is 14.6 Å². The Morgan fingerprint density at radius 3 is 3.04 bits per heavy atom. The van der Waals surface area contributed by atoms with Crippen LogP contribution in [0.4, 0.5) is 4.79 Å². The van der Waals surface area contributed by atoms with Crippen LogP contribution < -0.4 is 5.32 Å². The Bertz CT molecular complexity index is 691. The molecule has 1 N–H and O–H groups in total. The molecule has 0 fully saturated rings. The van der Waals surface area contributed by atoms with Crippen LogP contribution in [0.2, 0.25) is 0 Å². The van der Waals surface area contributed by atoms with Crippen LogP contribution in [-0.2, 0) is 16.0 Å². The maximum atomic E-state index is 12.5. The van der Waals surface area contributed by atoms with E-state index in [1.807, 2.05) is 13.0 Å². The number of allylic oxidation sites excluding steroid dienone is 1. The van der Waals surface area contributed by atoms with Crippen LogP contribution in [-0.4, -0.2) is 34.2 Å². The van der Waals surface area contributed by atoms with Gasteiger partial charge in [-0.05, 0) is 31.4 Å². The zero-order chi connectivity index (χ0) is 18.1. The van der Waals surface area contributed by atoms with Crippen molar-refractivity contribution in [3.63, 3.8) is 0 Å². The summed E-state index contributed by atoms with van der Waals surface area (Å²) in [5.41, 5.74) is 0. The Labute approximate surface area is 146 Å². The number of nitrogens with zero attached hydrogens (tertiary/aromatic N) is 2. The summed E-state index contributed by atoms with van der Waals surface area (Å²) in [6.45, 7) is 5.74. The third-order valence-electron chi connectivity index (χ3n) is 3.64. The van der Waals surface area contributed by atoms with E-state index >= 15 is 0 Å². The number of hydrogen-bond acceptors (Lipinski definition) is 5. The fraction of sp³-hybridized carbons (Fsp3) is 0.389. The van der Waals surface area contributed by atoms with Crippen LogP contribution in [0.3, 0.4) is 0 Å². The van der Waals surface area contributed by atoms with Gasteiger partial charge in [0.05, 0.1) is 19.3 Å². The lowest BCUT2D eigenvalue weighted by Crippen LogP contribution is -2.43. The van der Waals surface area contributed by atoms with E-state index in [4.69, 9.17) is 9.15 Å². The first kappa shape index (κ1) is 18.5. The summed E-state index contributed by atoms with van der Waals surface area (Å²) < 4.78 is 11.8. The van der Waals surface area contributed by atoms with Crippen molar-refractivity contribution in [1.29, 1.82) is 0 Å². The number of hydrogen-bond donors (Lipinski definition) is 1. The number of aromatic nitrogens is 2. The number of ether oxygens (including phenoxy) is 1. The van der Waals surface area contributed by atoms with Gasteiger partial charge in [0.2, 0.25) is 0 Å². The van der Waals surface area contributed by atoms with E-state index in [2.05, 4.69) is 16.9 Å². The molecule has 2 rings (SSSR count). The van der Waals surface area contributed by atoms with Gasteiger partial charge in [-0.1, -0.05) is 13.0 Å². The minimum absolute atomic E-state index is 0.312. The predicted octanol–water partition coefficient (Wildman–Crippen LogP) is 2.91. The number of nitrogens with one attached hydrogen (secondary N) is 1. The van der Waals surface area contributed by atoms with Crippen molar-refractivity contribution in [3.8, 4) is 0 Å². The van der Waals surface area contributed by atoms with Gasteiger partial charge in [0, 0.05) is 12.4 Å². The summed E-state index contributed by atoms with van der Waals surface area (Å²) in [5, 5.41) is 2.69. The third-order valence-corrected chi connectivity index (χ3v) is 3.64. The number of rotatable bonds is 9. The second kappa shape index (κ2) is 9.46. The van der Waals surface area contributed by atoms with Crippen molar-refractivity contribution >= 4 is 12.0 Å². The fourth-order valence-electron chi connectivity index (χ4n) is 2.27. The smallest absolute Gasteiger partial charge is 0.328 e. The Kier molecular flexibility index (Phi) is 7.00. The molecule has 1 atom stereocenters. The van der Waals surface area contributed by atoms with Crippen LogP contribution >= 0.6 is 0 Å². The van der Waals surface area contributed by atoms with Crippen molar-refractivity contribution in [2.24, 2.45) is 0 Å². The van der Waals surface area contributed by atoms with Crippen molar-refractivity contribution < 1.29 is 18.7 Å². The van der Waals surface area contributed by atoms with E-state index in [9.17, 15) is 9.59 Å². The van der Waals surface area contributed by atoms with E-state index in [-0.39, 0.29) is 0 Å². The highest BCUT2D eigenvalue weighted by molar-refractivity contribution is 5.85. The lowest BCUT2D eigenvalue weighted by molar-refractivity contribution is -0.146. The number of furan rings is 1. The van der Waals surface area contributed by atoms with E-state index in [0.29, 0.717) is 37.5 Å². The van der Waals surface area contributed by atoms with Crippen molar-refractivity contribution in [2.75, 3.05) is 6.61 Å². The molecule has 0 bridgehead atoms. The number of unbranched alkanes of at least 4 members (excludes halogenated alkanes) is 1. The molecule has 25 heavy (non-hydrogen) atoms. The molecule has 0 aliphatic carbocycles. The van der Waals surface area contributed by atoms with Crippen LogP contribution in [0.1, 0.15) is 37.8 Å². The van der Waals surface area contributed by atoms with Crippen molar-refractivity contribution in [3.05, 3.63) is 55.0 Å². The fourth-order valence-corrected chi connectivity index (χ4v) is 2.27. The second-order valence-corrected chi connectivity index (χ2v) is 5.48. The molecule has 0 aliphatic rings. The monoisotopic (exact) mass is 345 g/mol. The Morgan fingerprint density at radius 1 is 1.52 bits per heavy atom. The SMILES string of the molecule is C=CCCCOC(=O)C(CC)NC(=O)n1ccnc1Cc1ccco1. The van der Waals surface area contributed by atoms with Gasteiger partial charge >= 0.3 is 12.0 Å². The molecule has 0 saturated carbocycles. The first-order valence-electron chi connectivity index (χ1n) is 8.28. The quantitative estimate of drug-likeness (QED) is 0.429. The first-order valence-corrected chi connectivity index (χ1v) is 8.28. The standard InChI is InChI=1S/C18H23N3O4/c1-3-5-6-11-25-17(22)15(4-2)20-18(23)21-10-9-19-16(21)13-14-8-7-12-24-14/h3,7-10,12,15H,1,4-6,11,13H2,2H3,(H,20,23). The van der Waals surface area contributed by atoms with Gasteiger partial charge in [0.25, 0.3) is 0 Å². The topological polar surface area (TPSA) is 86.4 Å². The zero-order valence-electron chi connectivity index (χ0n) is 14.3. The summed E-state index contributed by atoms with van der Waals surface area (Å²) in [4.78, 5) is 28.7. The maximum absolute atomic E-state index is 12.5. The van der Waals surface area contributed by atoms with Gasteiger partial charge in [-0.15, -0.1) is 6.58 Å². The van der Waals surface area contributed by atoms with Gasteiger partial charge in [-0.3, -0.25) is 4.57 Å². The lowest BCUT2D eigenvalue weighted by atomic mass is 10.2. The molecule has 1 amide bonds. The van der Waals surface area contributed by atoms with Crippen LogP contribution in [0.25, 0.3) is 0 Å². The second-order valence-electron chi connectivity index (χ2n) is 5.48. The van der Waals surface area contributed by atoms with E-state index in [1.165, 1.54) is 10.8 Å². The molecular weight excluding hydrogens is 322 g/mol. The van der Waals surface area contributed by atoms with E-state index in [1.54, 1.807) is 24.6 Å². The Hall–Kier alpha value is -2.83. The summed E-state index contributed by atoms with van der Waals surface area (Å²) in [5.74, 6) is 0.795. The molecule has 2 aromatic rings. The maximum Gasteiger partial charge on any atom is 0.328 e. The number of carbonyl (C=O) groups is 2. The lowest BCUT2D eigenvalue weighted by Gasteiger charge is -2.16. The minimum Gasteiger partial charge on any atom is -0.469 e. The van der Waals surface area contributed by atoms with E-state index < -0.39 is 18.0 Å². The van der Waals surface area contributed by atoms with Gasteiger partial charge in [0.1, 0.15) is 17.6 Å². The van der Waals surface area contributed by atoms with Gasteiger partial charge in [-0.2, -0.15) is 0 Å². The molecule has 0 aromatic carbocycles. The molecule has 134 valence electrons. The molecule has 1 unspecified atom stereocenters. The van der Waals surface area contributed by atoms with Crippen LogP contribution in [0.5, 0.6) is 0 Å². The van der Waals surface area contributed by atoms with Crippen LogP contribution in [0, 0.1) is 0 Å². The summed E-state index contributed by atoms with van der Waals surface area (Å²) >= 11 is 0. The first-order chi connectivity index (χ1) is 12.2. The third kappa shape index (κ3) is 5.34. The highest BCUT2D eigenvalue weighted by atomic mass is 16.5. The van der Waals surface area contributed by atoms with E-state index in [0.717, 1.165) is 6.42 Å². The van der Waals surface area contributed by atoms with Gasteiger partial charge < -0.3 is 14.5 Å². The number of esters is 1. The summed E-state index contributed by atoms with van der Waals surface area (Å²) in [7, 11) is 0. The average molecular weight is 345 g/mol.